The van der Waals surface area contributed by atoms with Crippen molar-refractivity contribution in [3.8, 4) is 0 Å². The summed E-state index contributed by atoms with van der Waals surface area (Å²) in [4.78, 5) is 12.2. The lowest BCUT2D eigenvalue weighted by atomic mass is 10.3. The van der Waals surface area contributed by atoms with E-state index in [-0.39, 0.29) is 34.5 Å². The maximum atomic E-state index is 12.8. The van der Waals surface area contributed by atoms with Gasteiger partial charge < -0.3 is 10.1 Å². The Kier molecular flexibility index (Phi) is 7.27. The fraction of sp³-hybridized carbons (Fsp3) is 0.316. The molecule has 0 atom stereocenters. The lowest BCUT2D eigenvalue weighted by Crippen LogP contribution is -2.40. The molecule has 0 aromatic heterocycles. The molecule has 1 amide bonds. The number of carbonyl (C=O) groups is 1. The molecule has 3 rings (SSSR count). The highest BCUT2D eigenvalue weighted by Crippen LogP contribution is 2.29. The normalized spacial score (nSPS) is 15.4. The topological polar surface area (TPSA) is 122 Å². The van der Waals surface area contributed by atoms with Gasteiger partial charge in [0.2, 0.25) is 15.9 Å². The van der Waals surface area contributed by atoms with E-state index in [0.717, 1.165) is 4.90 Å². The number of benzene rings is 2. The van der Waals surface area contributed by atoms with E-state index in [0.29, 0.717) is 18.9 Å². The first-order chi connectivity index (χ1) is 14.6. The number of carbonyl (C=O) groups excluding carboxylic acids is 1. The first-order valence-electron chi connectivity index (χ1n) is 9.30. The molecule has 31 heavy (non-hydrogen) atoms. The number of ether oxygens (including phenoxy) is 1. The van der Waals surface area contributed by atoms with E-state index < -0.39 is 20.0 Å². The molecule has 0 spiro atoms. The van der Waals surface area contributed by atoms with Crippen molar-refractivity contribution in [2.45, 2.75) is 21.6 Å². The van der Waals surface area contributed by atoms with E-state index in [2.05, 4.69) is 10.0 Å². The summed E-state index contributed by atoms with van der Waals surface area (Å²) in [7, 11) is -7.62. The van der Waals surface area contributed by atoms with Gasteiger partial charge in [0.15, 0.2) is 0 Å². The van der Waals surface area contributed by atoms with Gasteiger partial charge in [-0.05, 0) is 48.7 Å². The minimum atomic E-state index is -3.95. The molecule has 1 saturated heterocycles. The number of amides is 1. The zero-order chi connectivity index (χ0) is 22.6. The van der Waals surface area contributed by atoms with Gasteiger partial charge in [0.05, 0.1) is 28.7 Å². The van der Waals surface area contributed by atoms with Crippen molar-refractivity contribution >= 4 is 49.1 Å². The third-order valence-electron chi connectivity index (χ3n) is 4.51. The second-order valence-electron chi connectivity index (χ2n) is 6.69. The van der Waals surface area contributed by atoms with Crippen LogP contribution >= 0.6 is 11.8 Å². The van der Waals surface area contributed by atoms with Gasteiger partial charge >= 0.3 is 0 Å². The van der Waals surface area contributed by atoms with Crippen LogP contribution in [0, 0.1) is 0 Å². The average molecular weight is 486 g/mol. The van der Waals surface area contributed by atoms with Gasteiger partial charge in [0.1, 0.15) is 0 Å². The number of hydrogen-bond acceptors (Lipinski definition) is 7. The van der Waals surface area contributed by atoms with Crippen LogP contribution in [0.25, 0.3) is 0 Å². The maximum Gasteiger partial charge on any atom is 0.261 e. The van der Waals surface area contributed by atoms with Crippen molar-refractivity contribution in [3.63, 3.8) is 0 Å². The van der Waals surface area contributed by atoms with Crippen LogP contribution in [-0.4, -0.2) is 59.6 Å². The van der Waals surface area contributed by atoms with Crippen LogP contribution in [0.3, 0.4) is 0 Å². The van der Waals surface area contributed by atoms with Crippen molar-refractivity contribution in [1.82, 2.24) is 4.31 Å². The van der Waals surface area contributed by atoms with Gasteiger partial charge in [-0.1, -0.05) is 0 Å². The summed E-state index contributed by atoms with van der Waals surface area (Å²) in [6.45, 7) is 2.58. The number of sulfonamides is 2. The molecule has 168 valence electrons. The average Bonchev–Trinajstić information content (AvgIpc) is 2.74. The number of morpholine rings is 1. The van der Waals surface area contributed by atoms with Crippen LogP contribution in [0.2, 0.25) is 0 Å². The van der Waals surface area contributed by atoms with Gasteiger partial charge in [-0.2, -0.15) is 4.31 Å². The molecule has 0 radical (unpaired) electrons. The molecule has 2 aromatic carbocycles. The highest BCUT2D eigenvalue weighted by Gasteiger charge is 2.26. The summed E-state index contributed by atoms with van der Waals surface area (Å²) in [5.41, 5.74) is 0.616. The molecular weight excluding hydrogens is 462 g/mol. The Hall–Kier alpha value is -2.12. The number of nitrogens with one attached hydrogen (secondary N) is 2. The van der Waals surface area contributed by atoms with Crippen LogP contribution in [0.4, 0.5) is 11.4 Å². The van der Waals surface area contributed by atoms with E-state index in [1.54, 1.807) is 6.07 Å². The summed E-state index contributed by atoms with van der Waals surface area (Å²) in [6.07, 6.45) is 1.82. The maximum absolute atomic E-state index is 12.8. The van der Waals surface area contributed by atoms with Crippen LogP contribution in [0.1, 0.15) is 6.92 Å². The van der Waals surface area contributed by atoms with Crippen molar-refractivity contribution in [3.05, 3.63) is 42.5 Å². The Morgan fingerprint density at radius 1 is 1.00 bits per heavy atom. The number of anilines is 2. The smallest absolute Gasteiger partial charge is 0.261 e. The fourth-order valence-corrected chi connectivity index (χ4v) is 6.01. The molecule has 1 fully saturated rings. The number of nitrogens with zero attached hydrogens (tertiary/aromatic N) is 1. The minimum absolute atomic E-state index is 0.0286. The van der Waals surface area contributed by atoms with Gasteiger partial charge in [-0.15, -0.1) is 11.8 Å². The molecule has 12 heteroatoms. The Morgan fingerprint density at radius 2 is 1.61 bits per heavy atom. The van der Waals surface area contributed by atoms with Crippen molar-refractivity contribution in [2.24, 2.45) is 0 Å². The second-order valence-corrected chi connectivity index (χ2v) is 11.2. The molecule has 0 saturated carbocycles. The molecule has 2 aromatic rings. The van der Waals surface area contributed by atoms with Gasteiger partial charge in [0, 0.05) is 30.6 Å². The van der Waals surface area contributed by atoms with E-state index in [1.807, 2.05) is 6.26 Å². The zero-order valence-electron chi connectivity index (χ0n) is 17.0. The highest BCUT2D eigenvalue weighted by molar-refractivity contribution is 7.98. The van der Waals surface area contributed by atoms with E-state index >= 15 is 0 Å². The van der Waals surface area contributed by atoms with Crippen LogP contribution < -0.4 is 10.0 Å². The summed E-state index contributed by atoms with van der Waals surface area (Å²) < 4.78 is 59.9. The van der Waals surface area contributed by atoms with E-state index in [4.69, 9.17) is 4.74 Å². The first kappa shape index (κ1) is 23.5. The Labute approximate surface area is 186 Å². The van der Waals surface area contributed by atoms with Crippen LogP contribution in [0.15, 0.2) is 57.2 Å². The molecule has 9 nitrogen and oxygen atoms in total. The molecule has 0 bridgehead atoms. The second kappa shape index (κ2) is 9.57. The summed E-state index contributed by atoms with van der Waals surface area (Å²) in [6, 6.07) is 9.96. The van der Waals surface area contributed by atoms with Crippen molar-refractivity contribution in [2.75, 3.05) is 42.6 Å². The van der Waals surface area contributed by atoms with E-state index in [9.17, 15) is 21.6 Å². The fourth-order valence-electron chi connectivity index (χ4n) is 2.99. The van der Waals surface area contributed by atoms with Crippen LogP contribution in [-0.2, 0) is 29.6 Å². The third kappa shape index (κ3) is 5.57. The predicted molar refractivity (Wildman–Crippen MR) is 119 cm³/mol. The lowest BCUT2D eigenvalue weighted by Gasteiger charge is -2.26. The lowest BCUT2D eigenvalue weighted by molar-refractivity contribution is -0.114. The largest absolute Gasteiger partial charge is 0.379 e. The molecule has 1 aliphatic heterocycles. The molecular formula is C19H23N3O6S3. The molecule has 0 unspecified atom stereocenters. The Bertz CT molecular complexity index is 1160. The van der Waals surface area contributed by atoms with Crippen LogP contribution in [0.5, 0.6) is 0 Å². The minimum Gasteiger partial charge on any atom is -0.379 e. The highest BCUT2D eigenvalue weighted by atomic mass is 32.2. The molecule has 0 aliphatic carbocycles. The zero-order valence-corrected chi connectivity index (χ0v) is 19.4. The quantitative estimate of drug-likeness (QED) is 0.577. The monoisotopic (exact) mass is 485 g/mol. The van der Waals surface area contributed by atoms with E-state index in [1.165, 1.54) is 59.4 Å². The Balaban J connectivity index is 1.81. The van der Waals surface area contributed by atoms with Crippen molar-refractivity contribution < 1.29 is 26.4 Å². The number of hydrogen-bond donors (Lipinski definition) is 2. The standard InChI is InChI=1S/C19H23N3O6S3/c1-14(23)20-18-13-17(7-8-19(18)29-2)30(24,25)21-15-3-5-16(6-4-15)31(26,27)22-9-11-28-12-10-22/h3-8,13,21H,9-12H2,1-2H3,(H,20,23). The van der Waals surface area contributed by atoms with Gasteiger partial charge in [-0.25, -0.2) is 16.8 Å². The molecule has 2 N–H and O–H groups in total. The summed E-state index contributed by atoms with van der Waals surface area (Å²) >= 11 is 1.38. The molecule has 1 aliphatic rings. The molecule has 1 heterocycles. The summed E-state index contributed by atoms with van der Waals surface area (Å²) in [5.74, 6) is -0.310. The number of thioether (sulfide) groups is 1. The van der Waals surface area contributed by atoms with Crippen molar-refractivity contribution in [1.29, 1.82) is 0 Å². The third-order valence-corrected chi connectivity index (χ3v) is 8.59. The van der Waals surface area contributed by atoms with Gasteiger partial charge in [0.25, 0.3) is 10.0 Å². The number of rotatable bonds is 7. The summed E-state index contributed by atoms with van der Waals surface area (Å²) in [5, 5.41) is 2.62. The Morgan fingerprint density at radius 3 is 2.19 bits per heavy atom. The van der Waals surface area contributed by atoms with Gasteiger partial charge in [-0.3, -0.25) is 9.52 Å². The SMILES string of the molecule is CSc1ccc(S(=O)(=O)Nc2ccc(S(=O)(=O)N3CCOCC3)cc2)cc1NC(C)=O. The first-order valence-corrected chi connectivity index (χ1v) is 13.4. The predicted octanol–water partition coefficient (Wildman–Crippen LogP) is 2.19.